The summed E-state index contributed by atoms with van der Waals surface area (Å²) in [7, 11) is 4.11. The molecule has 3 atom stereocenters. The molecule has 0 bridgehead atoms. The fourth-order valence-electron chi connectivity index (χ4n) is 7.83. The van der Waals surface area contributed by atoms with Crippen molar-refractivity contribution in [2.45, 2.75) is 246 Å². The first-order valence-electron chi connectivity index (χ1n) is 23.8. The highest BCUT2D eigenvalue weighted by atomic mass is 16.5. The number of hydrogen-bond acceptors (Lipinski definition) is 5. The van der Waals surface area contributed by atoms with Crippen molar-refractivity contribution in [2.75, 3.05) is 33.9 Å². The Morgan fingerprint density at radius 2 is 0.849 bits per heavy atom. The second kappa shape index (κ2) is 40.6. The molecule has 5 nitrogen and oxygen atoms in total. The molecule has 0 spiro atoms. The SMILES string of the molecule is CCCCCCCCCCCC(CCCC(=O)OCCCC(CCCCCCCCC)CCCCCCCCCC)COC(=O)C(CC)CCN(C)C. The molecule has 0 saturated heterocycles. The molecule has 0 aliphatic carbocycles. The van der Waals surface area contributed by atoms with E-state index in [-0.39, 0.29) is 17.9 Å². The molecule has 0 fully saturated rings. The van der Waals surface area contributed by atoms with Crippen LogP contribution >= 0.6 is 0 Å². The third-order valence-corrected chi connectivity index (χ3v) is 11.6. The van der Waals surface area contributed by atoms with E-state index in [1.54, 1.807) is 0 Å². The predicted molar refractivity (Wildman–Crippen MR) is 231 cm³/mol. The van der Waals surface area contributed by atoms with Crippen LogP contribution in [0.3, 0.4) is 0 Å². The normalized spacial score (nSPS) is 13.3. The van der Waals surface area contributed by atoms with Crippen molar-refractivity contribution >= 4 is 11.9 Å². The van der Waals surface area contributed by atoms with Crippen LogP contribution in [0.5, 0.6) is 0 Å². The lowest BCUT2D eigenvalue weighted by atomic mass is 9.90. The first-order valence-corrected chi connectivity index (χ1v) is 23.8. The zero-order valence-corrected chi connectivity index (χ0v) is 37.0. The van der Waals surface area contributed by atoms with Gasteiger partial charge in [0.1, 0.15) is 0 Å². The summed E-state index contributed by atoms with van der Waals surface area (Å²) >= 11 is 0. The molecule has 0 aromatic carbocycles. The molecule has 0 amide bonds. The van der Waals surface area contributed by atoms with Gasteiger partial charge < -0.3 is 14.4 Å². The minimum Gasteiger partial charge on any atom is -0.466 e. The molecule has 53 heavy (non-hydrogen) atoms. The summed E-state index contributed by atoms with van der Waals surface area (Å²) in [5, 5.41) is 0. The molecule has 5 heteroatoms. The first-order chi connectivity index (χ1) is 25.9. The molecule has 0 N–H and O–H groups in total. The molecule has 316 valence electrons. The number of esters is 2. The van der Waals surface area contributed by atoms with Crippen LogP contribution in [0.2, 0.25) is 0 Å². The third kappa shape index (κ3) is 36.3. The lowest BCUT2D eigenvalue weighted by molar-refractivity contribution is -0.151. The fourth-order valence-corrected chi connectivity index (χ4v) is 7.83. The first kappa shape index (κ1) is 51.9. The Kier molecular flexibility index (Phi) is 39.7. The van der Waals surface area contributed by atoms with Gasteiger partial charge in [-0.2, -0.15) is 0 Å². The standard InChI is InChI=1S/C48H95NO4/c1-7-11-14-17-20-22-25-28-31-36-45(43-53-48(51)46(10-4)40-41-49(5)6)37-32-39-47(50)52-42-33-38-44(34-29-26-23-19-16-13-9-3)35-30-27-24-21-18-15-12-8-2/h44-46H,7-43H2,1-6H3. The average Bonchev–Trinajstić information content (AvgIpc) is 3.14. The van der Waals surface area contributed by atoms with Gasteiger partial charge in [0.05, 0.1) is 19.1 Å². The number of carbonyl (C=O) groups excluding carboxylic acids is 2. The van der Waals surface area contributed by atoms with Crippen molar-refractivity contribution in [3.63, 3.8) is 0 Å². The molecule has 0 aromatic heterocycles. The Bertz CT molecular complexity index is 771. The lowest BCUT2D eigenvalue weighted by Gasteiger charge is -2.20. The molecule has 0 aliphatic rings. The minimum atomic E-state index is -0.0507. The highest BCUT2D eigenvalue weighted by Gasteiger charge is 2.20. The van der Waals surface area contributed by atoms with E-state index in [9.17, 15) is 9.59 Å². The topological polar surface area (TPSA) is 55.8 Å². The average molecular weight is 750 g/mol. The van der Waals surface area contributed by atoms with Crippen LogP contribution in [0, 0.1) is 17.8 Å². The number of nitrogens with zero attached hydrogens (tertiary/aromatic N) is 1. The van der Waals surface area contributed by atoms with Gasteiger partial charge in [-0.25, -0.2) is 0 Å². The van der Waals surface area contributed by atoms with Crippen molar-refractivity contribution in [1.82, 2.24) is 4.90 Å². The van der Waals surface area contributed by atoms with Crippen LogP contribution in [0.1, 0.15) is 246 Å². The van der Waals surface area contributed by atoms with Gasteiger partial charge >= 0.3 is 11.9 Å². The summed E-state index contributed by atoms with van der Waals surface area (Å²) < 4.78 is 11.7. The Morgan fingerprint density at radius 3 is 1.28 bits per heavy atom. The molecule has 3 unspecified atom stereocenters. The maximum Gasteiger partial charge on any atom is 0.308 e. The van der Waals surface area contributed by atoms with Crippen LogP contribution in [-0.2, 0) is 19.1 Å². The Hall–Kier alpha value is -1.10. The summed E-state index contributed by atoms with van der Waals surface area (Å²) in [4.78, 5) is 27.8. The van der Waals surface area contributed by atoms with E-state index in [4.69, 9.17) is 9.47 Å². The van der Waals surface area contributed by atoms with E-state index < -0.39 is 0 Å². The van der Waals surface area contributed by atoms with E-state index in [1.165, 1.54) is 173 Å². The van der Waals surface area contributed by atoms with Crippen LogP contribution < -0.4 is 0 Å². The number of rotatable bonds is 42. The van der Waals surface area contributed by atoms with Crippen molar-refractivity contribution in [3.05, 3.63) is 0 Å². The van der Waals surface area contributed by atoms with Crippen LogP contribution in [-0.4, -0.2) is 50.7 Å². The zero-order valence-electron chi connectivity index (χ0n) is 37.0. The Labute approximate surface area is 332 Å². The van der Waals surface area contributed by atoms with Gasteiger partial charge in [-0.05, 0) is 77.4 Å². The maximum atomic E-state index is 12.9. The van der Waals surface area contributed by atoms with Crippen molar-refractivity contribution in [2.24, 2.45) is 17.8 Å². The summed E-state index contributed by atoms with van der Waals surface area (Å²) in [5.74, 6) is 0.982. The van der Waals surface area contributed by atoms with Crippen LogP contribution in [0.15, 0.2) is 0 Å². The van der Waals surface area contributed by atoms with E-state index >= 15 is 0 Å². The van der Waals surface area contributed by atoms with Gasteiger partial charge in [-0.15, -0.1) is 0 Å². The van der Waals surface area contributed by atoms with Gasteiger partial charge in [-0.3, -0.25) is 9.59 Å². The van der Waals surface area contributed by atoms with Gasteiger partial charge in [0.15, 0.2) is 0 Å². The fraction of sp³-hybridized carbons (Fsp3) is 0.958. The molecule has 0 heterocycles. The number of ether oxygens (including phenoxy) is 2. The van der Waals surface area contributed by atoms with E-state index in [0.29, 0.717) is 25.6 Å². The van der Waals surface area contributed by atoms with Crippen LogP contribution in [0.4, 0.5) is 0 Å². The van der Waals surface area contributed by atoms with Crippen molar-refractivity contribution in [3.8, 4) is 0 Å². The largest absolute Gasteiger partial charge is 0.466 e. The molecular weight excluding hydrogens is 655 g/mol. The third-order valence-electron chi connectivity index (χ3n) is 11.6. The molecule has 0 radical (unpaired) electrons. The Balaban J connectivity index is 4.66. The predicted octanol–water partition coefficient (Wildman–Crippen LogP) is 14.8. The number of carbonyl (C=O) groups is 2. The van der Waals surface area contributed by atoms with Gasteiger partial charge in [0, 0.05) is 6.42 Å². The molecule has 0 aromatic rings. The monoisotopic (exact) mass is 750 g/mol. The van der Waals surface area contributed by atoms with Crippen LogP contribution in [0.25, 0.3) is 0 Å². The molecule has 0 rings (SSSR count). The summed E-state index contributed by atoms with van der Waals surface area (Å²) in [5.41, 5.74) is 0. The number of unbranched alkanes of at least 4 members (excludes halogenated alkanes) is 21. The van der Waals surface area contributed by atoms with Crippen molar-refractivity contribution < 1.29 is 19.1 Å². The summed E-state index contributed by atoms with van der Waals surface area (Å²) in [6, 6.07) is 0. The summed E-state index contributed by atoms with van der Waals surface area (Å²) in [6.45, 7) is 10.9. The minimum absolute atomic E-state index is 0.0313. The highest BCUT2D eigenvalue weighted by molar-refractivity contribution is 5.72. The molecular formula is C48H95NO4. The molecule has 0 saturated carbocycles. The Morgan fingerprint density at radius 1 is 0.453 bits per heavy atom. The maximum absolute atomic E-state index is 12.9. The highest BCUT2D eigenvalue weighted by Crippen LogP contribution is 2.24. The van der Waals surface area contributed by atoms with Crippen molar-refractivity contribution in [1.29, 1.82) is 0 Å². The second-order valence-corrected chi connectivity index (χ2v) is 17.1. The van der Waals surface area contributed by atoms with Gasteiger partial charge in [0.25, 0.3) is 0 Å². The zero-order chi connectivity index (χ0) is 39.0. The lowest BCUT2D eigenvalue weighted by Crippen LogP contribution is -2.25. The molecule has 0 aliphatic heterocycles. The van der Waals surface area contributed by atoms with E-state index in [0.717, 1.165) is 51.0 Å². The van der Waals surface area contributed by atoms with E-state index in [1.807, 2.05) is 0 Å². The smallest absolute Gasteiger partial charge is 0.308 e. The van der Waals surface area contributed by atoms with Gasteiger partial charge in [0.2, 0.25) is 0 Å². The second-order valence-electron chi connectivity index (χ2n) is 17.1. The summed E-state index contributed by atoms with van der Waals surface area (Å²) in [6.07, 6.45) is 42.3. The van der Waals surface area contributed by atoms with Gasteiger partial charge in [-0.1, -0.05) is 195 Å². The van der Waals surface area contributed by atoms with E-state index in [2.05, 4.69) is 46.7 Å². The number of hydrogen-bond donors (Lipinski definition) is 0. The quantitative estimate of drug-likeness (QED) is 0.0459.